The molecule has 3 N–H and O–H groups in total. The van der Waals surface area contributed by atoms with Gasteiger partial charge in [0.25, 0.3) is 0 Å². The number of benzene rings is 1. The summed E-state index contributed by atoms with van der Waals surface area (Å²) in [7, 11) is -3.67. The second-order valence-corrected chi connectivity index (χ2v) is 6.65. The standard InChI is InChI=1S/C13H21FN2O2S/c1-5-8(2)10(4)16-19(17,18)11-6-9(3)13(14)12(15)7-11/h6-8,10,16H,5,15H2,1-4H3. The molecule has 0 saturated heterocycles. The molecular formula is C13H21FN2O2S. The number of anilines is 1. The summed E-state index contributed by atoms with van der Waals surface area (Å²) in [6, 6.07) is 2.24. The van der Waals surface area contributed by atoms with Gasteiger partial charge in [0.05, 0.1) is 10.6 Å². The van der Waals surface area contributed by atoms with Gasteiger partial charge in [-0.2, -0.15) is 0 Å². The number of nitrogen functional groups attached to an aromatic ring is 1. The fourth-order valence-electron chi connectivity index (χ4n) is 1.70. The van der Waals surface area contributed by atoms with Crippen LogP contribution in [0.2, 0.25) is 0 Å². The molecular weight excluding hydrogens is 267 g/mol. The lowest BCUT2D eigenvalue weighted by Crippen LogP contribution is -2.36. The second-order valence-electron chi connectivity index (χ2n) is 4.94. The third-order valence-electron chi connectivity index (χ3n) is 3.41. The Labute approximate surface area is 114 Å². The first-order valence-electron chi connectivity index (χ1n) is 6.27. The van der Waals surface area contributed by atoms with E-state index < -0.39 is 15.8 Å². The number of sulfonamides is 1. The molecule has 4 nitrogen and oxygen atoms in total. The first kappa shape index (κ1) is 15.9. The number of halogens is 1. The summed E-state index contributed by atoms with van der Waals surface area (Å²) in [6.07, 6.45) is 0.869. The Kier molecular flexibility index (Phi) is 4.92. The van der Waals surface area contributed by atoms with Gasteiger partial charge in [-0.3, -0.25) is 0 Å². The van der Waals surface area contributed by atoms with Crippen molar-refractivity contribution < 1.29 is 12.8 Å². The van der Waals surface area contributed by atoms with E-state index in [0.29, 0.717) is 0 Å². The van der Waals surface area contributed by atoms with Crippen LogP contribution in [0.15, 0.2) is 17.0 Å². The van der Waals surface area contributed by atoms with Gasteiger partial charge in [0.15, 0.2) is 0 Å². The average molecular weight is 288 g/mol. The Balaban J connectivity index is 3.08. The highest BCUT2D eigenvalue weighted by molar-refractivity contribution is 7.89. The number of aryl methyl sites for hydroxylation is 1. The van der Waals surface area contributed by atoms with Gasteiger partial charge in [0, 0.05) is 6.04 Å². The number of rotatable bonds is 5. The minimum atomic E-state index is -3.67. The molecule has 1 rings (SSSR count). The topological polar surface area (TPSA) is 72.2 Å². The highest BCUT2D eigenvalue weighted by Crippen LogP contribution is 2.21. The fraction of sp³-hybridized carbons (Fsp3) is 0.538. The zero-order valence-electron chi connectivity index (χ0n) is 11.7. The molecule has 0 saturated carbocycles. The first-order chi connectivity index (χ1) is 8.69. The number of nitrogens with one attached hydrogen (secondary N) is 1. The molecule has 0 heterocycles. The molecule has 1 aromatic rings. The van der Waals surface area contributed by atoms with Crippen molar-refractivity contribution in [3.8, 4) is 0 Å². The molecule has 0 aliphatic heterocycles. The van der Waals surface area contributed by atoms with Crippen molar-refractivity contribution in [3.63, 3.8) is 0 Å². The summed E-state index contributed by atoms with van der Waals surface area (Å²) in [4.78, 5) is -0.000877. The summed E-state index contributed by atoms with van der Waals surface area (Å²) in [5.41, 5.74) is 5.53. The van der Waals surface area contributed by atoms with Crippen LogP contribution in [0, 0.1) is 18.7 Å². The highest BCUT2D eigenvalue weighted by Gasteiger charge is 2.22. The van der Waals surface area contributed by atoms with E-state index in [1.807, 2.05) is 20.8 Å². The molecule has 0 aliphatic rings. The van der Waals surface area contributed by atoms with E-state index in [4.69, 9.17) is 5.73 Å². The van der Waals surface area contributed by atoms with Crippen molar-refractivity contribution in [2.45, 2.75) is 45.1 Å². The number of hydrogen-bond acceptors (Lipinski definition) is 3. The van der Waals surface area contributed by atoms with Crippen LogP contribution < -0.4 is 10.5 Å². The van der Waals surface area contributed by atoms with Crippen LogP contribution in [0.1, 0.15) is 32.8 Å². The maximum Gasteiger partial charge on any atom is 0.240 e. The predicted octanol–water partition coefficient (Wildman–Crippen LogP) is 2.43. The van der Waals surface area contributed by atoms with Crippen molar-refractivity contribution in [1.82, 2.24) is 4.72 Å². The molecule has 0 aromatic heterocycles. The van der Waals surface area contributed by atoms with Crippen LogP contribution >= 0.6 is 0 Å². The number of hydrogen-bond donors (Lipinski definition) is 2. The zero-order valence-corrected chi connectivity index (χ0v) is 12.5. The molecule has 108 valence electrons. The summed E-state index contributed by atoms with van der Waals surface area (Å²) >= 11 is 0. The predicted molar refractivity (Wildman–Crippen MR) is 74.8 cm³/mol. The van der Waals surface area contributed by atoms with Gasteiger partial charge in [0.2, 0.25) is 10.0 Å². The third kappa shape index (κ3) is 3.67. The lowest BCUT2D eigenvalue weighted by atomic mass is 10.0. The van der Waals surface area contributed by atoms with E-state index in [0.717, 1.165) is 12.5 Å². The molecule has 2 atom stereocenters. The summed E-state index contributed by atoms with van der Waals surface area (Å²) in [5.74, 6) is -0.359. The van der Waals surface area contributed by atoms with Gasteiger partial charge in [0.1, 0.15) is 5.82 Å². The molecule has 0 fully saturated rings. The molecule has 0 aliphatic carbocycles. The van der Waals surface area contributed by atoms with Crippen LogP contribution in [0.25, 0.3) is 0 Å². The van der Waals surface area contributed by atoms with Gasteiger partial charge in [-0.1, -0.05) is 20.3 Å². The van der Waals surface area contributed by atoms with Crippen molar-refractivity contribution in [1.29, 1.82) is 0 Å². The Morgan fingerprint density at radius 2 is 1.95 bits per heavy atom. The number of nitrogens with two attached hydrogens (primary N) is 1. The fourth-order valence-corrected chi connectivity index (χ4v) is 3.17. The highest BCUT2D eigenvalue weighted by atomic mass is 32.2. The molecule has 0 radical (unpaired) electrons. The average Bonchev–Trinajstić information content (AvgIpc) is 2.33. The summed E-state index contributed by atoms with van der Waals surface area (Å²) < 4.78 is 40.4. The van der Waals surface area contributed by atoms with Crippen molar-refractivity contribution in [3.05, 3.63) is 23.5 Å². The summed E-state index contributed by atoms with van der Waals surface area (Å²) in [5, 5.41) is 0. The van der Waals surface area contributed by atoms with Crippen molar-refractivity contribution in [2.75, 3.05) is 5.73 Å². The van der Waals surface area contributed by atoms with E-state index in [9.17, 15) is 12.8 Å². The van der Waals surface area contributed by atoms with E-state index in [-0.39, 0.29) is 28.1 Å². The van der Waals surface area contributed by atoms with Gasteiger partial charge >= 0.3 is 0 Å². The molecule has 0 amide bonds. The lowest BCUT2D eigenvalue weighted by Gasteiger charge is -2.20. The third-order valence-corrected chi connectivity index (χ3v) is 4.94. The van der Waals surface area contributed by atoms with Crippen molar-refractivity contribution >= 4 is 15.7 Å². The molecule has 0 spiro atoms. The van der Waals surface area contributed by atoms with Gasteiger partial charge in [-0.05, 0) is 37.5 Å². The smallest absolute Gasteiger partial charge is 0.240 e. The van der Waals surface area contributed by atoms with Crippen LogP contribution in [-0.4, -0.2) is 14.5 Å². The van der Waals surface area contributed by atoms with E-state index in [2.05, 4.69) is 4.72 Å². The minimum absolute atomic E-state index is 0.000877. The quantitative estimate of drug-likeness (QED) is 0.817. The molecule has 1 aromatic carbocycles. The lowest BCUT2D eigenvalue weighted by molar-refractivity contribution is 0.434. The Hall–Kier alpha value is -1.14. The Bertz CT molecular complexity index is 535. The van der Waals surface area contributed by atoms with Gasteiger partial charge in [-0.25, -0.2) is 17.5 Å². The van der Waals surface area contributed by atoms with Crippen LogP contribution in [0.3, 0.4) is 0 Å². The Morgan fingerprint density at radius 3 is 2.42 bits per heavy atom. The van der Waals surface area contributed by atoms with Crippen LogP contribution in [-0.2, 0) is 10.0 Å². The molecule has 6 heteroatoms. The second kappa shape index (κ2) is 5.88. The SMILES string of the molecule is CCC(C)C(C)NS(=O)(=O)c1cc(C)c(F)c(N)c1. The normalized spacial score (nSPS) is 15.2. The van der Waals surface area contributed by atoms with E-state index in [1.165, 1.54) is 13.0 Å². The van der Waals surface area contributed by atoms with Crippen molar-refractivity contribution in [2.24, 2.45) is 5.92 Å². The Morgan fingerprint density at radius 1 is 1.37 bits per heavy atom. The van der Waals surface area contributed by atoms with E-state index in [1.54, 1.807) is 0 Å². The molecule has 19 heavy (non-hydrogen) atoms. The van der Waals surface area contributed by atoms with E-state index >= 15 is 0 Å². The molecule has 0 bridgehead atoms. The zero-order chi connectivity index (χ0) is 14.8. The van der Waals surface area contributed by atoms with Gasteiger partial charge < -0.3 is 5.73 Å². The van der Waals surface area contributed by atoms with Crippen LogP contribution in [0.4, 0.5) is 10.1 Å². The van der Waals surface area contributed by atoms with Crippen LogP contribution in [0.5, 0.6) is 0 Å². The summed E-state index contributed by atoms with van der Waals surface area (Å²) in [6.45, 7) is 7.27. The maximum absolute atomic E-state index is 13.4. The monoisotopic (exact) mass is 288 g/mol. The maximum atomic E-state index is 13.4. The molecule has 2 unspecified atom stereocenters. The van der Waals surface area contributed by atoms with Gasteiger partial charge in [-0.15, -0.1) is 0 Å². The minimum Gasteiger partial charge on any atom is -0.396 e. The largest absolute Gasteiger partial charge is 0.396 e. The first-order valence-corrected chi connectivity index (χ1v) is 7.75.